The second kappa shape index (κ2) is 5.97. The molecule has 0 saturated heterocycles. The highest BCUT2D eigenvalue weighted by Crippen LogP contribution is 2.22. The minimum absolute atomic E-state index is 0.0623. The average Bonchev–Trinajstić information content (AvgIpc) is 2.44. The van der Waals surface area contributed by atoms with Gasteiger partial charge in [0.05, 0.1) is 16.9 Å². The standard InChI is InChI=1S/C15H20N2O2/c1-4-13(17(5-2)6-3)14-16-12-10-8-7-9-11(12)15(18)19-14/h7-10,13H,4-6H2,1-3H3. The molecule has 0 amide bonds. The van der Waals surface area contributed by atoms with Crippen LogP contribution < -0.4 is 5.63 Å². The van der Waals surface area contributed by atoms with E-state index in [1.165, 1.54) is 0 Å². The molecule has 2 aromatic rings. The molecule has 0 radical (unpaired) electrons. The van der Waals surface area contributed by atoms with E-state index in [9.17, 15) is 4.79 Å². The van der Waals surface area contributed by atoms with Gasteiger partial charge in [-0.15, -0.1) is 0 Å². The highest BCUT2D eigenvalue weighted by molar-refractivity contribution is 5.76. The fourth-order valence-electron chi connectivity index (χ4n) is 2.43. The average molecular weight is 260 g/mol. The lowest BCUT2D eigenvalue weighted by Gasteiger charge is -2.26. The van der Waals surface area contributed by atoms with Crippen molar-refractivity contribution in [1.29, 1.82) is 0 Å². The Morgan fingerprint density at radius 3 is 2.53 bits per heavy atom. The Labute approximate surface area is 113 Å². The minimum atomic E-state index is -0.300. The summed E-state index contributed by atoms with van der Waals surface area (Å²) in [6.45, 7) is 8.11. The van der Waals surface area contributed by atoms with Gasteiger partial charge in [-0.2, -0.15) is 0 Å². The third-order valence-electron chi connectivity index (χ3n) is 3.48. The van der Waals surface area contributed by atoms with Crippen LogP contribution in [0.1, 0.15) is 39.1 Å². The number of para-hydroxylation sites is 1. The summed E-state index contributed by atoms with van der Waals surface area (Å²) in [5.74, 6) is 0.523. The molecule has 1 heterocycles. The van der Waals surface area contributed by atoms with Crippen molar-refractivity contribution in [3.05, 3.63) is 40.6 Å². The molecule has 0 bridgehead atoms. The Morgan fingerprint density at radius 1 is 1.21 bits per heavy atom. The van der Waals surface area contributed by atoms with Crippen LogP contribution in [0.15, 0.2) is 33.5 Å². The Hall–Kier alpha value is -1.68. The van der Waals surface area contributed by atoms with Gasteiger partial charge in [0.2, 0.25) is 5.89 Å². The van der Waals surface area contributed by atoms with Gasteiger partial charge in [-0.1, -0.05) is 32.9 Å². The van der Waals surface area contributed by atoms with Crippen LogP contribution in [0.5, 0.6) is 0 Å². The van der Waals surface area contributed by atoms with Gasteiger partial charge in [0, 0.05) is 0 Å². The maximum atomic E-state index is 12.0. The summed E-state index contributed by atoms with van der Waals surface area (Å²) < 4.78 is 5.42. The van der Waals surface area contributed by atoms with E-state index in [0.29, 0.717) is 16.8 Å². The smallest absolute Gasteiger partial charge is 0.346 e. The summed E-state index contributed by atoms with van der Waals surface area (Å²) in [6.07, 6.45) is 0.871. The van der Waals surface area contributed by atoms with Gasteiger partial charge in [0.1, 0.15) is 0 Å². The van der Waals surface area contributed by atoms with Gasteiger partial charge in [-0.25, -0.2) is 9.78 Å². The molecule has 0 fully saturated rings. The Balaban J connectivity index is 2.52. The lowest BCUT2D eigenvalue weighted by molar-refractivity contribution is 0.176. The highest BCUT2D eigenvalue weighted by atomic mass is 16.4. The Morgan fingerprint density at radius 2 is 1.89 bits per heavy atom. The third kappa shape index (κ3) is 2.68. The number of fused-ring (bicyclic) bond motifs is 1. The van der Waals surface area contributed by atoms with E-state index in [-0.39, 0.29) is 11.7 Å². The quantitative estimate of drug-likeness (QED) is 0.829. The van der Waals surface area contributed by atoms with E-state index in [2.05, 4.69) is 30.7 Å². The molecule has 4 nitrogen and oxygen atoms in total. The molecule has 0 aliphatic carbocycles. The zero-order chi connectivity index (χ0) is 13.8. The predicted octanol–water partition coefficient (Wildman–Crippen LogP) is 2.98. The van der Waals surface area contributed by atoms with Crippen molar-refractivity contribution in [2.24, 2.45) is 0 Å². The summed E-state index contributed by atoms with van der Waals surface area (Å²) in [6, 6.07) is 7.37. The second-order valence-electron chi connectivity index (χ2n) is 4.50. The maximum Gasteiger partial charge on any atom is 0.346 e. The molecule has 0 aliphatic rings. The van der Waals surface area contributed by atoms with Crippen LogP contribution in [0.3, 0.4) is 0 Å². The van der Waals surface area contributed by atoms with Crippen LogP contribution in [-0.4, -0.2) is 23.0 Å². The zero-order valence-corrected chi connectivity index (χ0v) is 11.7. The molecule has 2 rings (SSSR count). The van der Waals surface area contributed by atoms with Gasteiger partial charge < -0.3 is 4.42 Å². The van der Waals surface area contributed by atoms with E-state index in [1.54, 1.807) is 6.07 Å². The Bertz CT molecular complexity index is 602. The molecule has 1 atom stereocenters. The fourth-order valence-corrected chi connectivity index (χ4v) is 2.43. The third-order valence-corrected chi connectivity index (χ3v) is 3.48. The summed E-state index contributed by atoms with van der Waals surface area (Å²) in [5, 5.41) is 0.542. The molecule has 102 valence electrons. The van der Waals surface area contributed by atoms with Crippen LogP contribution in [0, 0.1) is 0 Å². The number of aromatic nitrogens is 1. The molecular formula is C15H20N2O2. The number of hydrogen-bond donors (Lipinski definition) is 0. The minimum Gasteiger partial charge on any atom is -0.406 e. The number of nitrogens with zero attached hydrogens (tertiary/aromatic N) is 2. The van der Waals surface area contributed by atoms with Crippen molar-refractivity contribution < 1.29 is 4.42 Å². The van der Waals surface area contributed by atoms with E-state index in [4.69, 9.17) is 4.42 Å². The molecule has 4 heteroatoms. The lowest BCUT2D eigenvalue weighted by atomic mass is 10.1. The Kier molecular flexibility index (Phi) is 4.32. The first kappa shape index (κ1) is 13.7. The van der Waals surface area contributed by atoms with E-state index < -0.39 is 0 Å². The summed E-state index contributed by atoms with van der Waals surface area (Å²) >= 11 is 0. The fraction of sp³-hybridized carbons (Fsp3) is 0.467. The van der Waals surface area contributed by atoms with Crippen molar-refractivity contribution in [1.82, 2.24) is 9.88 Å². The SMILES string of the molecule is CCC(c1nc2ccccc2c(=O)o1)N(CC)CC. The zero-order valence-electron chi connectivity index (χ0n) is 11.7. The monoisotopic (exact) mass is 260 g/mol. The van der Waals surface area contributed by atoms with Crippen LogP contribution in [0.2, 0.25) is 0 Å². The molecule has 0 spiro atoms. The van der Waals surface area contributed by atoms with E-state index in [1.807, 2.05) is 18.2 Å². The molecule has 19 heavy (non-hydrogen) atoms. The summed E-state index contributed by atoms with van der Waals surface area (Å²) in [7, 11) is 0. The van der Waals surface area contributed by atoms with Crippen molar-refractivity contribution in [2.45, 2.75) is 33.2 Å². The maximum absolute atomic E-state index is 12.0. The van der Waals surface area contributed by atoms with Gasteiger partial charge in [-0.3, -0.25) is 4.90 Å². The van der Waals surface area contributed by atoms with Crippen molar-refractivity contribution in [3.63, 3.8) is 0 Å². The molecule has 0 aliphatic heterocycles. The van der Waals surface area contributed by atoms with Gasteiger partial charge in [-0.05, 0) is 31.6 Å². The van der Waals surface area contributed by atoms with Crippen LogP contribution in [-0.2, 0) is 0 Å². The summed E-state index contributed by atoms with van der Waals surface area (Å²) in [4.78, 5) is 18.8. The first-order valence-electron chi connectivity index (χ1n) is 6.85. The van der Waals surface area contributed by atoms with Crippen molar-refractivity contribution in [2.75, 3.05) is 13.1 Å². The number of hydrogen-bond acceptors (Lipinski definition) is 4. The predicted molar refractivity (Wildman–Crippen MR) is 76.2 cm³/mol. The first-order valence-corrected chi connectivity index (χ1v) is 6.85. The summed E-state index contributed by atoms with van der Waals surface area (Å²) in [5.41, 5.74) is 0.408. The van der Waals surface area contributed by atoms with Crippen LogP contribution >= 0.6 is 0 Å². The highest BCUT2D eigenvalue weighted by Gasteiger charge is 2.21. The van der Waals surface area contributed by atoms with Crippen LogP contribution in [0.25, 0.3) is 10.9 Å². The van der Waals surface area contributed by atoms with Crippen molar-refractivity contribution in [3.8, 4) is 0 Å². The largest absolute Gasteiger partial charge is 0.406 e. The normalized spacial score (nSPS) is 13.1. The second-order valence-corrected chi connectivity index (χ2v) is 4.50. The van der Waals surface area contributed by atoms with Crippen LogP contribution in [0.4, 0.5) is 0 Å². The molecule has 0 saturated carbocycles. The van der Waals surface area contributed by atoms with Crippen molar-refractivity contribution >= 4 is 10.9 Å². The molecule has 1 aromatic heterocycles. The van der Waals surface area contributed by atoms with Gasteiger partial charge in [0.25, 0.3) is 0 Å². The topological polar surface area (TPSA) is 46.3 Å². The van der Waals surface area contributed by atoms with Gasteiger partial charge in [0.15, 0.2) is 0 Å². The number of benzene rings is 1. The van der Waals surface area contributed by atoms with E-state index >= 15 is 0 Å². The molecule has 1 aromatic carbocycles. The molecular weight excluding hydrogens is 240 g/mol. The van der Waals surface area contributed by atoms with Gasteiger partial charge >= 0.3 is 5.63 Å². The molecule has 1 unspecified atom stereocenters. The molecule has 0 N–H and O–H groups in total. The lowest BCUT2D eigenvalue weighted by Crippen LogP contribution is -2.29. The van der Waals surface area contributed by atoms with E-state index in [0.717, 1.165) is 19.5 Å². The first-order chi connectivity index (χ1) is 9.21. The number of rotatable bonds is 5.